The Hall–Kier alpha value is -3.28. The number of fused-ring (bicyclic) bond motifs is 2. The number of nitro benzene ring substituents is 1. The lowest BCUT2D eigenvalue weighted by Gasteiger charge is -2.02. The van der Waals surface area contributed by atoms with Gasteiger partial charge in [0.15, 0.2) is 0 Å². The Bertz CT molecular complexity index is 1280. The van der Waals surface area contributed by atoms with E-state index in [1.54, 1.807) is 12.1 Å². The summed E-state index contributed by atoms with van der Waals surface area (Å²) in [6.45, 7) is 4.52. The third-order valence-corrected chi connectivity index (χ3v) is 6.76. The Morgan fingerprint density at radius 1 is 0.839 bits per heavy atom. The molecule has 0 amide bonds. The first-order valence-corrected chi connectivity index (χ1v) is 10.4. The molecule has 31 heavy (non-hydrogen) atoms. The van der Waals surface area contributed by atoms with Crippen molar-refractivity contribution in [2.75, 3.05) is 5.73 Å². The fourth-order valence-electron chi connectivity index (χ4n) is 3.95. The van der Waals surface area contributed by atoms with Crippen molar-refractivity contribution in [3.63, 3.8) is 0 Å². The summed E-state index contributed by atoms with van der Waals surface area (Å²) in [6.07, 6.45) is 4.99. The molecular weight excluding hydrogens is 388 g/mol. The first-order valence-electron chi connectivity index (χ1n) is 10.4. The number of H-pyrrole nitrogens is 2. The second-order valence-corrected chi connectivity index (χ2v) is 9.36. The molecule has 6 rings (SSSR count). The van der Waals surface area contributed by atoms with Crippen LogP contribution in [0.2, 0.25) is 0 Å². The highest BCUT2D eigenvalue weighted by Crippen LogP contribution is 2.48. The molecule has 0 aliphatic heterocycles. The lowest BCUT2D eigenvalue weighted by Crippen LogP contribution is -1.98. The van der Waals surface area contributed by atoms with Crippen LogP contribution in [0.25, 0.3) is 21.8 Å². The van der Waals surface area contributed by atoms with Crippen molar-refractivity contribution in [3.05, 3.63) is 70.0 Å². The second-order valence-electron chi connectivity index (χ2n) is 9.36. The molecule has 0 unspecified atom stereocenters. The molecule has 0 atom stereocenters. The van der Waals surface area contributed by atoms with Crippen LogP contribution in [0.15, 0.2) is 48.5 Å². The van der Waals surface area contributed by atoms with Crippen molar-refractivity contribution in [3.8, 4) is 0 Å². The van der Waals surface area contributed by atoms with E-state index in [4.69, 9.17) is 5.73 Å². The van der Waals surface area contributed by atoms with Gasteiger partial charge in [-0.2, -0.15) is 0 Å². The number of hydrogen-bond donors (Lipinski definition) is 3. The largest absolute Gasteiger partial charge is 0.399 e. The number of rotatable bonds is 3. The zero-order valence-electron chi connectivity index (χ0n) is 17.3. The summed E-state index contributed by atoms with van der Waals surface area (Å²) in [5, 5.41) is 12.8. The van der Waals surface area contributed by atoms with Gasteiger partial charge in [0.25, 0.3) is 5.69 Å². The maximum Gasteiger partial charge on any atom is 0.270 e. The van der Waals surface area contributed by atoms with Crippen LogP contribution in [-0.4, -0.2) is 14.9 Å². The van der Waals surface area contributed by atoms with Crippen molar-refractivity contribution < 1.29 is 4.92 Å². The van der Waals surface area contributed by atoms with Crippen molar-refractivity contribution in [1.29, 1.82) is 0 Å². The highest BCUT2D eigenvalue weighted by molar-refractivity contribution is 5.84. The van der Waals surface area contributed by atoms with Gasteiger partial charge in [-0.05, 0) is 62.1 Å². The average molecular weight is 419 g/mol. The minimum atomic E-state index is -0.356. The molecule has 0 spiro atoms. The first-order chi connectivity index (χ1) is 14.3. The third kappa shape index (κ3) is 3.90. The topological polar surface area (TPSA) is 101 Å². The Balaban J connectivity index is 0.000000146. The van der Waals surface area contributed by atoms with Gasteiger partial charge in [-0.15, -0.1) is 0 Å². The van der Waals surface area contributed by atoms with Gasteiger partial charge in [-0.1, -0.05) is 21.3 Å². The van der Waals surface area contributed by atoms with Gasteiger partial charge in [-0.25, -0.2) is 0 Å². The van der Waals surface area contributed by atoms with Crippen LogP contribution >= 0.6 is 0 Å². The first kappa shape index (κ1) is 21.0. The number of hydrogen-bond acceptors (Lipinski definition) is 3. The van der Waals surface area contributed by atoms with Crippen molar-refractivity contribution in [1.82, 2.24) is 9.97 Å². The van der Waals surface area contributed by atoms with Crippen molar-refractivity contribution >= 4 is 33.2 Å². The van der Waals surface area contributed by atoms with E-state index >= 15 is 0 Å². The lowest BCUT2D eigenvalue weighted by molar-refractivity contribution is -0.384. The molecule has 2 fully saturated rings. The Kier molecular flexibility index (Phi) is 4.84. The summed E-state index contributed by atoms with van der Waals surface area (Å²) in [6, 6.07) is 15.2. The molecule has 4 N–H and O–H groups in total. The Morgan fingerprint density at radius 3 is 1.81 bits per heavy atom. The maximum absolute atomic E-state index is 10.7. The number of aromatic nitrogens is 2. The third-order valence-electron chi connectivity index (χ3n) is 6.76. The predicted molar refractivity (Wildman–Crippen MR) is 128 cm³/mol. The van der Waals surface area contributed by atoms with Gasteiger partial charge in [0.1, 0.15) is 0 Å². The number of nitro groups is 1. The molecule has 2 heterocycles. The molecule has 2 aliphatic rings. The summed E-state index contributed by atoms with van der Waals surface area (Å²) in [5.41, 5.74) is 12.1. The van der Waals surface area contributed by atoms with Gasteiger partial charge in [0.2, 0.25) is 0 Å². The van der Waals surface area contributed by atoms with E-state index in [1.807, 2.05) is 18.2 Å². The van der Waals surface area contributed by atoms with Crippen molar-refractivity contribution in [2.24, 2.45) is 0 Å². The van der Waals surface area contributed by atoms with Crippen molar-refractivity contribution in [2.45, 2.75) is 57.8 Å². The number of nitrogens with two attached hydrogens (primary N) is 1. The van der Waals surface area contributed by atoms with Gasteiger partial charge >= 0.3 is 0 Å². The second kappa shape index (κ2) is 7.15. The molecule has 2 aromatic carbocycles. The van der Waals surface area contributed by atoms with E-state index < -0.39 is 0 Å². The SMILES string of the molecule is C.CC1(c2cc3cc(N)ccc3[nH]2)CC1.CC1(c2cc3cc([N+](=O)[O-])ccc3[nH]2)CC1. The van der Waals surface area contributed by atoms with Crippen LogP contribution in [0.3, 0.4) is 0 Å². The molecule has 0 bridgehead atoms. The Labute approximate surface area is 182 Å². The highest BCUT2D eigenvalue weighted by Gasteiger charge is 2.41. The predicted octanol–water partition coefficient (Wildman–Crippen LogP) is 6.57. The summed E-state index contributed by atoms with van der Waals surface area (Å²) in [4.78, 5) is 17.1. The van der Waals surface area contributed by atoms with Crippen LogP contribution in [-0.2, 0) is 10.8 Å². The number of benzene rings is 2. The molecule has 0 saturated heterocycles. The molecule has 4 aromatic rings. The van der Waals surface area contributed by atoms with Crippen LogP contribution in [0.1, 0.15) is 58.3 Å². The molecule has 6 heteroatoms. The lowest BCUT2D eigenvalue weighted by atomic mass is 10.1. The number of nitrogens with one attached hydrogen (secondary N) is 2. The zero-order chi connectivity index (χ0) is 21.1. The molecule has 2 aromatic heterocycles. The average Bonchev–Trinajstić information content (AvgIpc) is 3.53. The molecule has 2 aliphatic carbocycles. The van der Waals surface area contributed by atoms with Gasteiger partial charge in [0.05, 0.1) is 4.92 Å². The Morgan fingerprint density at radius 2 is 1.32 bits per heavy atom. The highest BCUT2D eigenvalue weighted by atomic mass is 16.6. The molecule has 162 valence electrons. The summed E-state index contributed by atoms with van der Waals surface area (Å²) in [7, 11) is 0. The normalized spacial score (nSPS) is 17.5. The van der Waals surface area contributed by atoms with Gasteiger partial charge in [0, 0.05) is 61.8 Å². The molecule has 6 nitrogen and oxygen atoms in total. The minimum absolute atomic E-state index is 0. The fourth-order valence-corrected chi connectivity index (χ4v) is 3.95. The number of nitrogens with zero attached hydrogens (tertiary/aromatic N) is 1. The number of aromatic amines is 2. The van der Waals surface area contributed by atoms with Crippen LogP contribution < -0.4 is 5.73 Å². The van der Waals surface area contributed by atoms with E-state index in [2.05, 4.69) is 35.9 Å². The monoisotopic (exact) mass is 418 g/mol. The number of nitrogen functional groups attached to an aromatic ring is 1. The van der Waals surface area contributed by atoms with E-state index in [1.165, 1.54) is 54.0 Å². The van der Waals surface area contributed by atoms with E-state index in [0.29, 0.717) is 5.41 Å². The molecule has 2 saturated carbocycles. The standard InChI is InChI=1S/C12H12N2O2.C12H14N2.CH4/c1-12(4-5-12)11-7-8-6-9(14(15)16)2-3-10(8)13-11;1-12(4-5-12)11-7-8-6-9(13)2-3-10(8)14-11;/h2-3,6-7,13H,4-5H2,1H3;2-3,6-7,14H,4-5,13H2,1H3;1H4. The summed E-state index contributed by atoms with van der Waals surface area (Å²) in [5.74, 6) is 0. The van der Waals surface area contributed by atoms with Crippen LogP contribution in [0.4, 0.5) is 11.4 Å². The summed E-state index contributed by atoms with van der Waals surface area (Å²) < 4.78 is 0. The van der Waals surface area contributed by atoms with Crippen LogP contribution in [0, 0.1) is 10.1 Å². The molecule has 0 radical (unpaired) electrons. The smallest absolute Gasteiger partial charge is 0.270 e. The van der Waals surface area contributed by atoms with E-state index in [9.17, 15) is 10.1 Å². The quantitative estimate of drug-likeness (QED) is 0.199. The van der Waals surface area contributed by atoms with E-state index in [0.717, 1.165) is 16.6 Å². The minimum Gasteiger partial charge on any atom is -0.399 e. The van der Waals surface area contributed by atoms with E-state index in [-0.39, 0.29) is 23.5 Å². The van der Waals surface area contributed by atoms with Crippen LogP contribution in [0.5, 0.6) is 0 Å². The number of anilines is 1. The fraction of sp³-hybridized carbons (Fsp3) is 0.360. The number of non-ortho nitro benzene ring substituents is 1. The summed E-state index contributed by atoms with van der Waals surface area (Å²) >= 11 is 0. The zero-order valence-corrected chi connectivity index (χ0v) is 17.3. The molecular formula is C25H30N4O2. The van der Waals surface area contributed by atoms with Gasteiger partial charge < -0.3 is 15.7 Å². The maximum atomic E-state index is 10.7. The van der Waals surface area contributed by atoms with Gasteiger partial charge in [-0.3, -0.25) is 10.1 Å².